The molecule has 4 aliphatic rings. The highest BCUT2D eigenvalue weighted by Crippen LogP contribution is 2.40. The third-order valence-corrected chi connectivity index (χ3v) is 10.5. The SMILES string of the molecule is CC(=O)N[C@@H]1[C@@H](O[C@@H]2O[C@H](CO)[C@H](O[C@@H]3O[C@H](CO)[C@H](O)[C@H](O)[C@H]3NC(C)=O)[C@H](O[C@]3(C(=O)O)C[C@H](O)[C@@H](NC(=O)CO)[C@H]([C@H](O)[C@H](O)CO)O3)[C@H]2O)[C@@H](O)[C@@H](CO)O[C@@H]1O. The molecular weight excluding hydrogens is 838 g/mol. The molecule has 0 radical (unpaired) electrons. The Morgan fingerprint density at radius 3 is 1.77 bits per heavy atom. The molecule has 4 rings (SSSR count). The smallest absolute Gasteiger partial charge is 0.364 e. The molecule has 4 heterocycles. The Morgan fingerprint density at radius 1 is 0.672 bits per heavy atom. The highest BCUT2D eigenvalue weighted by Gasteiger charge is 2.61. The highest BCUT2D eigenvalue weighted by molar-refractivity contribution is 5.78. The molecule has 0 saturated carbocycles. The van der Waals surface area contributed by atoms with Crippen molar-refractivity contribution < 1.29 is 124 Å². The highest BCUT2D eigenvalue weighted by atomic mass is 16.8. The molecule has 17 N–H and O–H groups in total. The summed E-state index contributed by atoms with van der Waals surface area (Å²) in [6.45, 7) is -3.40. The van der Waals surface area contributed by atoms with Gasteiger partial charge in [0.05, 0.1) is 38.6 Å². The summed E-state index contributed by atoms with van der Waals surface area (Å²) in [5.41, 5.74) is 0. The number of hydrogen-bond acceptors (Lipinski definition) is 24. The minimum atomic E-state index is -3.31. The van der Waals surface area contributed by atoms with Crippen LogP contribution in [0.4, 0.5) is 0 Å². The number of carbonyl (C=O) groups excluding carboxylic acids is 3. The summed E-state index contributed by atoms with van der Waals surface area (Å²) in [7, 11) is 0. The molecular formula is C33H55N3O25. The number of rotatable bonds is 17. The number of carboxylic acids is 1. The van der Waals surface area contributed by atoms with Crippen molar-refractivity contribution in [3.8, 4) is 0 Å². The standard InChI is InChI=1S/C33H55N3O25/c1-9(42)34-18-23(50)21(48)13(5-38)56-30(18)58-25-15(7-40)57-31(59-26-19(35-10(2)43)29(52)55-14(6-39)22(26)49)24(51)28(25)61-33(32(53)54)3-11(44)17(36-16(46)8-41)27(60-33)20(47)12(45)4-37/h11-15,17-31,37-41,44-45,47-52H,3-8H2,1-2H3,(H,34,42)(H,35,43)(H,36,46)(H,53,54)/t11-,12+,13+,14+,15+,17+,18+,19+,20+,21-,22-,23+,24+,25-,26+,27+,28+,29-,30-,31-,33-/m0/s1. The van der Waals surface area contributed by atoms with Gasteiger partial charge < -0.3 is 121 Å². The zero-order valence-corrected chi connectivity index (χ0v) is 32.5. The summed E-state index contributed by atoms with van der Waals surface area (Å²) in [6, 6.07) is -5.22. The fourth-order valence-corrected chi connectivity index (χ4v) is 7.45. The molecule has 3 amide bonds. The quantitative estimate of drug-likeness (QED) is 0.0644. The van der Waals surface area contributed by atoms with Gasteiger partial charge in [-0.05, 0) is 0 Å². The predicted octanol–water partition coefficient (Wildman–Crippen LogP) is -11.1. The van der Waals surface area contributed by atoms with Crippen LogP contribution in [0, 0.1) is 0 Å². The van der Waals surface area contributed by atoms with E-state index in [0.717, 1.165) is 13.8 Å². The van der Waals surface area contributed by atoms with E-state index in [4.69, 9.17) is 33.2 Å². The molecule has 28 nitrogen and oxygen atoms in total. The molecule has 352 valence electrons. The van der Waals surface area contributed by atoms with Crippen molar-refractivity contribution in [2.24, 2.45) is 0 Å². The summed E-state index contributed by atoms with van der Waals surface area (Å²) < 4.78 is 40.1. The van der Waals surface area contributed by atoms with Gasteiger partial charge >= 0.3 is 5.97 Å². The van der Waals surface area contributed by atoms with E-state index in [9.17, 15) is 90.7 Å². The Bertz CT molecular complexity index is 1480. The molecule has 4 saturated heterocycles. The lowest BCUT2D eigenvalue weighted by Crippen LogP contribution is -2.72. The van der Waals surface area contributed by atoms with Crippen LogP contribution in [0.5, 0.6) is 0 Å². The summed E-state index contributed by atoms with van der Waals surface area (Å²) in [4.78, 5) is 49.7. The Kier molecular flexibility index (Phi) is 18.0. The number of ether oxygens (including phenoxy) is 7. The third-order valence-electron chi connectivity index (χ3n) is 10.5. The average Bonchev–Trinajstić information content (AvgIpc) is 3.21. The minimum Gasteiger partial charge on any atom is -0.477 e. The van der Waals surface area contributed by atoms with Gasteiger partial charge in [0.2, 0.25) is 17.7 Å². The van der Waals surface area contributed by atoms with Gasteiger partial charge in [0, 0.05) is 20.3 Å². The monoisotopic (exact) mass is 893 g/mol. The fourth-order valence-electron chi connectivity index (χ4n) is 7.45. The summed E-state index contributed by atoms with van der Waals surface area (Å²) in [6.07, 6.45) is -35.8. The van der Waals surface area contributed by atoms with Gasteiger partial charge in [-0.1, -0.05) is 0 Å². The lowest BCUT2D eigenvalue weighted by atomic mass is 9.88. The molecule has 0 bridgehead atoms. The lowest BCUT2D eigenvalue weighted by Gasteiger charge is -2.52. The van der Waals surface area contributed by atoms with E-state index in [2.05, 4.69) is 16.0 Å². The van der Waals surface area contributed by atoms with Crippen molar-refractivity contribution in [2.75, 3.05) is 33.0 Å². The number of amides is 3. The van der Waals surface area contributed by atoms with Crippen molar-refractivity contribution >= 4 is 23.7 Å². The number of aliphatic hydroxyl groups is 13. The van der Waals surface area contributed by atoms with Gasteiger partial charge in [-0.3, -0.25) is 14.4 Å². The van der Waals surface area contributed by atoms with Crippen LogP contribution in [-0.4, -0.2) is 256 Å². The topological polar surface area (TPSA) is 452 Å². The number of nitrogens with one attached hydrogen (secondary N) is 3. The van der Waals surface area contributed by atoms with Crippen LogP contribution in [0.25, 0.3) is 0 Å². The zero-order valence-electron chi connectivity index (χ0n) is 32.5. The first-order valence-electron chi connectivity index (χ1n) is 18.9. The number of aliphatic carboxylic acids is 1. The number of aliphatic hydroxyl groups excluding tert-OH is 13. The van der Waals surface area contributed by atoms with E-state index < -0.39 is 191 Å². The van der Waals surface area contributed by atoms with Crippen molar-refractivity contribution in [2.45, 2.75) is 149 Å². The van der Waals surface area contributed by atoms with Crippen LogP contribution in [0.1, 0.15) is 20.3 Å². The maximum Gasteiger partial charge on any atom is 0.364 e. The second kappa shape index (κ2) is 21.6. The van der Waals surface area contributed by atoms with Gasteiger partial charge in [0.1, 0.15) is 98.0 Å². The Morgan fingerprint density at radius 2 is 1.23 bits per heavy atom. The Balaban J connectivity index is 1.85. The van der Waals surface area contributed by atoms with Crippen molar-refractivity contribution in [3.63, 3.8) is 0 Å². The van der Waals surface area contributed by atoms with E-state index in [1.54, 1.807) is 0 Å². The zero-order chi connectivity index (χ0) is 45.7. The van der Waals surface area contributed by atoms with Crippen LogP contribution in [-0.2, 0) is 52.3 Å². The largest absolute Gasteiger partial charge is 0.477 e. The number of carboxylic acid groups (broad SMARTS) is 1. The number of hydrogen-bond donors (Lipinski definition) is 17. The first-order valence-corrected chi connectivity index (χ1v) is 18.9. The Hall–Kier alpha value is -2.92. The molecule has 61 heavy (non-hydrogen) atoms. The normalized spacial score (nSPS) is 42.8. The average molecular weight is 894 g/mol. The summed E-state index contributed by atoms with van der Waals surface area (Å²) in [5.74, 6) is -8.24. The van der Waals surface area contributed by atoms with Crippen molar-refractivity contribution in [3.05, 3.63) is 0 Å². The van der Waals surface area contributed by atoms with Crippen LogP contribution in [0.15, 0.2) is 0 Å². The van der Waals surface area contributed by atoms with E-state index >= 15 is 0 Å². The second-order valence-corrected chi connectivity index (χ2v) is 14.8. The van der Waals surface area contributed by atoms with E-state index in [-0.39, 0.29) is 0 Å². The first kappa shape index (κ1) is 50.7. The van der Waals surface area contributed by atoms with E-state index in [1.165, 1.54) is 0 Å². The van der Waals surface area contributed by atoms with Crippen molar-refractivity contribution in [1.82, 2.24) is 16.0 Å². The molecule has 0 unspecified atom stereocenters. The van der Waals surface area contributed by atoms with E-state index in [1.807, 2.05) is 0 Å². The van der Waals surface area contributed by atoms with Gasteiger partial charge in [-0.25, -0.2) is 4.79 Å². The van der Waals surface area contributed by atoms with Gasteiger partial charge in [-0.2, -0.15) is 0 Å². The lowest BCUT2D eigenvalue weighted by molar-refractivity contribution is -0.397. The van der Waals surface area contributed by atoms with Crippen LogP contribution < -0.4 is 16.0 Å². The third kappa shape index (κ3) is 11.2. The first-order chi connectivity index (χ1) is 28.7. The Labute approximate surface area is 345 Å². The number of carbonyl (C=O) groups is 4. The van der Waals surface area contributed by atoms with Crippen LogP contribution in [0.2, 0.25) is 0 Å². The van der Waals surface area contributed by atoms with Crippen molar-refractivity contribution in [1.29, 1.82) is 0 Å². The maximum absolute atomic E-state index is 13.3. The minimum absolute atomic E-state index is 0.799. The molecule has 0 aromatic rings. The predicted molar refractivity (Wildman–Crippen MR) is 187 cm³/mol. The molecule has 21 atom stereocenters. The molecule has 4 aliphatic heterocycles. The summed E-state index contributed by atoms with van der Waals surface area (Å²) >= 11 is 0. The molecule has 28 heteroatoms. The molecule has 0 aromatic heterocycles. The maximum atomic E-state index is 13.3. The van der Waals surface area contributed by atoms with Gasteiger partial charge in [-0.15, -0.1) is 0 Å². The molecule has 4 fully saturated rings. The fraction of sp³-hybridized carbons (Fsp3) is 0.879. The molecule has 0 spiro atoms. The van der Waals surface area contributed by atoms with Gasteiger partial charge in [0.25, 0.3) is 5.79 Å². The molecule has 0 aliphatic carbocycles. The molecule has 0 aromatic carbocycles. The summed E-state index contributed by atoms with van der Waals surface area (Å²) in [5, 5.41) is 154. The van der Waals surface area contributed by atoms with Crippen LogP contribution >= 0.6 is 0 Å². The van der Waals surface area contributed by atoms with Crippen LogP contribution in [0.3, 0.4) is 0 Å². The second-order valence-electron chi connectivity index (χ2n) is 14.8. The van der Waals surface area contributed by atoms with Gasteiger partial charge in [0.15, 0.2) is 18.9 Å². The van der Waals surface area contributed by atoms with E-state index in [0.29, 0.717) is 0 Å².